The molecule has 0 saturated heterocycles. The third-order valence-corrected chi connectivity index (χ3v) is 7.12. The summed E-state index contributed by atoms with van der Waals surface area (Å²) < 4.78 is 32.5. The molecule has 0 aliphatic heterocycles. The number of ether oxygens (including phenoxy) is 1. The van der Waals surface area contributed by atoms with Gasteiger partial charge in [-0.05, 0) is 49.6 Å². The molecule has 1 aliphatic rings. The molecule has 1 saturated carbocycles. The number of hydrogen-bond donors (Lipinski definition) is 1. The standard InChI is InChI=1S/C21H23ClN2O5S/c1-3-24(15-7-5-4-6-8-15)30(27,28)16-9-10-18(22)19(12-16)23-20(25)13-29-21(26)17-11-14(17)2/h4-10,12,14,17H,3,11,13H2,1-2H3,(H,23,25)/t14-,17-/m0/s1. The first-order chi connectivity index (χ1) is 14.2. The van der Waals surface area contributed by atoms with Crippen molar-refractivity contribution in [2.24, 2.45) is 11.8 Å². The van der Waals surface area contributed by atoms with E-state index in [0.717, 1.165) is 6.42 Å². The summed E-state index contributed by atoms with van der Waals surface area (Å²) in [5.41, 5.74) is 0.657. The number of hydrogen-bond acceptors (Lipinski definition) is 5. The number of benzene rings is 2. The minimum atomic E-state index is -3.88. The fourth-order valence-electron chi connectivity index (χ4n) is 3.05. The van der Waals surface area contributed by atoms with Crippen molar-refractivity contribution in [2.75, 3.05) is 22.8 Å². The monoisotopic (exact) mass is 450 g/mol. The van der Waals surface area contributed by atoms with Gasteiger partial charge in [0.05, 0.1) is 27.2 Å². The quantitative estimate of drug-likeness (QED) is 0.619. The van der Waals surface area contributed by atoms with Gasteiger partial charge in [-0.3, -0.25) is 13.9 Å². The Balaban J connectivity index is 1.75. The number of sulfonamides is 1. The normalized spacial score (nSPS) is 17.8. The molecule has 1 fully saturated rings. The third-order valence-electron chi connectivity index (χ3n) is 4.89. The van der Waals surface area contributed by atoms with E-state index in [1.54, 1.807) is 37.3 Å². The lowest BCUT2D eigenvalue weighted by Crippen LogP contribution is -2.30. The van der Waals surface area contributed by atoms with Crippen LogP contribution in [0.1, 0.15) is 20.3 Å². The smallest absolute Gasteiger partial charge is 0.309 e. The highest BCUT2D eigenvalue weighted by Gasteiger charge is 2.40. The molecule has 0 unspecified atom stereocenters. The van der Waals surface area contributed by atoms with Crippen molar-refractivity contribution in [1.29, 1.82) is 0 Å². The number of anilines is 2. The van der Waals surface area contributed by atoms with Crippen molar-refractivity contribution < 1.29 is 22.7 Å². The summed E-state index contributed by atoms with van der Waals surface area (Å²) in [5.74, 6) is -0.860. The van der Waals surface area contributed by atoms with Gasteiger partial charge in [0.25, 0.3) is 15.9 Å². The second kappa shape index (κ2) is 9.06. The number of para-hydroxylation sites is 1. The number of rotatable bonds is 8. The third kappa shape index (κ3) is 4.94. The highest BCUT2D eigenvalue weighted by Crippen LogP contribution is 2.38. The topological polar surface area (TPSA) is 92.8 Å². The van der Waals surface area contributed by atoms with Gasteiger partial charge >= 0.3 is 5.97 Å². The van der Waals surface area contributed by atoms with Crippen molar-refractivity contribution in [1.82, 2.24) is 0 Å². The molecule has 2 atom stereocenters. The van der Waals surface area contributed by atoms with Gasteiger partial charge in [-0.2, -0.15) is 0 Å². The molecule has 1 N–H and O–H groups in total. The predicted molar refractivity (Wildman–Crippen MR) is 115 cm³/mol. The minimum absolute atomic E-state index is 0.0169. The summed E-state index contributed by atoms with van der Waals surface area (Å²) in [5, 5.41) is 2.69. The van der Waals surface area contributed by atoms with Crippen molar-refractivity contribution in [2.45, 2.75) is 25.2 Å². The predicted octanol–water partition coefficient (Wildman–Crippen LogP) is 3.69. The van der Waals surface area contributed by atoms with Crippen LogP contribution in [0.4, 0.5) is 11.4 Å². The Hall–Kier alpha value is -2.58. The van der Waals surface area contributed by atoms with Crippen LogP contribution in [0.25, 0.3) is 0 Å². The Labute approximate surface area is 181 Å². The molecule has 3 rings (SSSR count). The van der Waals surface area contributed by atoms with Crippen molar-refractivity contribution in [3.8, 4) is 0 Å². The van der Waals surface area contributed by atoms with Crippen LogP contribution >= 0.6 is 11.6 Å². The van der Waals surface area contributed by atoms with E-state index in [1.165, 1.54) is 22.5 Å². The van der Waals surface area contributed by atoms with Crippen LogP contribution in [0.15, 0.2) is 53.4 Å². The number of esters is 1. The van der Waals surface area contributed by atoms with E-state index >= 15 is 0 Å². The lowest BCUT2D eigenvalue weighted by Gasteiger charge is -2.23. The number of amides is 1. The average Bonchev–Trinajstić information content (AvgIpc) is 3.45. The Morgan fingerprint density at radius 2 is 1.87 bits per heavy atom. The molecule has 0 radical (unpaired) electrons. The Bertz CT molecular complexity index is 1040. The summed E-state index contributed by atoms with van der Waals surface area (Å²) in [6.45, 7) is 3.44. The molecule has 160 valence electrons. The Morgan fingerprint density at radius 3 is 2.47 bits per heavy atom. The van der Waals surface area contributed by atoms with E-state index in [9.17, 15) is 18.0 Å². The van der Waals surface area contributed by atoms with Gasteiger partial charge < -0.3 is 10.1 Å². The van der Waals surface area contributed by atoms with Crippen LogP contribution in [0.3, 0.4) is 0 Å². The summed E-state index contributed by atoms with van der Waals surface area (Å²) in [6, 6.07) is 12.8. The van der Waals surface area contributed by atoms with Gasteiger partial charge in [0.15, 0.2) is 6.61 Å². The molecule has 1 amide bonds. The highest BCUT2D eigenvalue weighted by molar-refractivity contribution is 7.92. The van der Waals surface area contributed by atoms with Gasteiger partial charge in [-0.1, -0.05) is 36.7 Å². The summed E-state index contributed by atoms with van der Waals surface area (Å²) in [6.07, 6.45) is 0.765. The van der Waals surface area contributed by atoms with Crippen LogP contribution in [-0.2, 0) is 24.3 Å². The van der Waals surface area contributed by atoms with Gasteiger partial charge in [-0.15, -0.1) is 0 Å². The van der Waals surface area contributed by atoms with Gasteiger partial charge in [0, 0.05) is 6.54 Å². The van der Waals surface area contributed by atoms with Crippen LogP contribution < -0.4 is 9.62 Å². The molecule has 9 heteroatoms. The van der Waals surface area contributed by atoms with E-state index in [-0.39, 0.29) is 34.0 Å². The summed E-state index contributed by atoms with van der Waals surface area (Å²) in [7, 11) is -3.88. The Kier molecular flexibility index (Phi) is 6.67. The molecule has 0 bridgehead atoms. The Morgan fingerprint density at radius 1 is 1.20 bits per heavy atom. The van der Waals surface area contributed by atoms with Crippen LogP contribution in [0.2, 0.25) is 5.02 Å². The lowest BCUT2D eigenvalue weighted by atomic mass is 10.3. The largest absolute Gasteiger partial charge is 0.455 e. The minimum Gasteiger partial charge on any atom is -0.455 e. The number of halogens is 1. The zero-order chi connectivity index (χ0) is 21.9. The molecule has 2 aromatic carbocycles. The molecular formula is C21H23ClN2O5S. The molecule has 0 spiro atoms. The molecule has 2 aromatic rings. The zero-order valence-corrected chi connectivity index (χ0v) is 18.2. The zero-order valence-electron chi connectivity index (χ0n) is 16.7. The second-order valence-corrected chi connectivity index (χ2v) is 9.39. The van der Waals surface area contributed by atoms with Crippen molar-refractivity contribution in [3.05, 3.63) is 53.6 Å². The molecule has 0 aromatic heterocycles. The summed E-state index contributed by atoms with van der Waals surface area (Å²) in [4.78, 5) is 23.9. The first-order valence-corrected chi connectivity index (χ1v) is 11.4. The van der Waals surface area contributed by atoms with Gasteiger partial charge in [-0.25, -0.2) is 8.42 Å². The summed E-state index contributed by atoms with van der Waals surface area (Å²) >= 11 is 6.13. The molecule has 1 aliphatic carbocycles. The average molecular weight is 451 g/mol. The molecule has 7 nitrogen and oxygen atoms in total. The maximum Gasteiger partial charge on any atom is 0.309 e. The molecular weight excluding hydrogens is 428 g/mol. The van der Waals surface area contributed by atoms with Crippen LogP contribution in [-0.4, -0.2) is 33.4 Å². The van der Waals surface area contributed by atoms with E-state index < -0.39 is 28.5 Å². The maximum atomic E-state index is 13.1. The van der Waals surface area contributed by atoms with E-state index in [1.807, 2.05) is 6.92 Å². The van der Waals surface area contributed by atoms with E-state index in [4.69, 9.17) is 16.3 Å². The van der Waals surface area contributed by atoms with Crippen molar-refractivity contribution in [3.63, 3.8) is 0 Å². The van der Waals surface area contributed by atoms with Crippen LogP contribution in [0.5, 0.6) is 0 Å². The fourth-order valence-corrected chi connectivity index (χ4v) is 4.72. The SMILES string of the molecule is CCN(c1ccccc1)S(=O)(=O)c1ccc(Cl)c(NC(=O)COC(=O)[C@H]2C[C@@H]2C)c1. The van der Waals surface area contributed by atoms with Gasteiger partial charge in [0.1, 0.15) is 0 Å². The van der Waals surface area contributed by atoms with E-state index in [2.05, 4.69) is 5.32 Å². The molecule has 0 heterocycles. The first-order valence-electron chi connectivity index (χ1n) is 9.58. The number of carbonyl (C=O) groups excluding carboxylic acids is 2. The highest BCUT2D eigenvalue weighted by atomic mass is 35.5. The van der Waals surface area contributed by atoms with Crippen LogP contribution in [0, 0.1) is 11.8 Å². The number of nitrogens with zero attached hydrogens (tertiary/aromatic N) is 1. The lowest BCUT2D eigenvalue weighted by molar-refractivity contribution is -0.148. The first kappa shape index (κ1) is 22.1. The molecule has 30 heavy (non-hydrogen) atoms. The van der Waals surface area contributed by atoms with Crippen molar-refractivity contribution >= 4 is 44.9 Å². The fraction of sp³-hybridized carbons (Fsp3) is 0.333. The van der Waals surface area contributed by atoms with Gasteiger partial charge in [0.2, 0.25) is 0 Å². The number of nitrogens with one attached hydrogen (secondary N) is 1. The number of carbonyl (C=O) groups is 2. The maximum absolute atomic E-state index is 13.1. The van der Waals surface area contributed by atoms with E-state index in [0.29, 0.717) is 5.69 Å². The second-order valence-electron chi connectivity index (χ2n) is 7.12.